The quantitative estimate of drug-likeness (QED) is 0.787. The standard InChI is InChI=1S/C22H28N2O3/c1-23(20-9-7-19(8-10-20)21(25)26)17-22(27)12-15-24(16-13-22)14-11-18-5-3-2-4-6-18/h2-10,27H,11-17H2,1H3,(H,25,26). The van der Waals surface area contributed by atoms with Crippen molar-refractivity contribution >= 4 is 11.7 Å². The van der Waals surface area contributed by atoms with Crippen LogP contribution in [0.15, 0.2) is 54.6 Å². The summed E-state index contributed by atoms with van der Waals surface area (Å²) in [6, 6.07) is 17.3. The summed E-state index contributed by atoms with van der Waals surface area (Å²) in [6.07, 6.45) is 2.54. The van der Waals surface area contributed by atoms with Gasteiger partial charge in [-0.15, -0.1) is 0 Å². The van der Waals surface area contributed by atoms with Crippen LogP contribution in [0.5, 0.6) is 0 Å². The van der Waals surface area contributed by atoms with Crippen molar-refractivity contribution in [2.45, 2.75) is 24.9 Å². The highest BCUT2D eigenvalue weighted by molar-refractivity contribution is 5.88. The van der Waals surface area contributed by atoms with Crippen LogP contribution in [0.3, 0.4) is 0 Å². The number of nitrogens with zero attached hydrogens (tertiary/aromatic N) is 2. The first-order valence-electron chi connectivity index (χ1n) is 9.48. The molecule has 1 aliphatic heterocycles. The van der Waals surface area contributed by atoms with E-state index in [0.29, 0.717) is 6.54 Å². The Morgan fingerprint density at radius 3 is 2.30 bits per heavy atom. The van der Waals surface area contributed by atoms with Gasteiger partial charge in [-0.25, -0.2) is 4.79 Å². The number of likely N-dealkylation sites (N-methyl/N-ethyl adjacent to an activating group) is 1. The molecule has 1 fully saturated rings. The van der Waals surface area contributed by atoms with Crippen LogP contribution in [0.1, 0.15) is 28.8 Å². The maximum absolute atomic E-state index is 11.0. The van der Waals surface area contributed by atoms with Gasteiger partial charge in [0.2, 0.25) is 0 Å². The molecule has 1 aliphatic rings. The summed E-state index contributed by atoms with van der Waals surface area (Å²) in [7, 11) is 1.94. The number of rotatable bonds is 7. The van der Waals surface area contributed by atoms with E-state index in [1.54, 1.807) is 24.3 Å². The predicted octanol–water partition coefficient (Wildman–Crippen LogP) is 2.89. The number of carboxylic acids is 1. The molecule has 2 aromatic carbocycles. The van der Waals surface area contributed by atoms with Crippen LogP contribution in [0, 0.1) is 0 Å². The Bertz CT molecular complexity index is 738. The zero-order chi connectivity index (χ0) is 19.3. The Morgan fingerprint density at radius 1 is 1.07 bits per heavy atom. The minimum absolute atomic E-state index is 0.276. The minimum atomic E-state index is -0.925. The van der Waals surface area contributed by atoms with E-state index in [0.717, 1.165) is 44.6 Å². The molecular formula is C22H28N2O3. The number of piperidine rings is 1. The molecule has 0 aromatic heterocycles. The fourth-order valence-electron chi connectivity index (χ4n) is 3.67. The molecule has 5 heteroatoms. The Balaban J connectivity index is 1.49. The second kappa shape index (κ2) is 8.55. The van der Waals surface area contributed by atoms with Crippen molar-refractivity contribution in [2.24, 2.45) is 0 Å². The lowest BCUT2D eigenvalue weighted by molar-refractivity contribution is -0.0137. The number of benzene rings is 2. The van der Waals surface area contributed by atoms with Gasteiger partial charge < -0.3 is 20.0 Å². The maximum Gasteiger partial charge on any atom is 0.335 e. The Morgan fingerprint density at radius 2 is 1.70 bits per heavy atom. The van der Waals surface area contributed by atoms with E-state index in [1.807, 2.05) is 18.0 Å². The lowest BCUT2D eigenvalue weighted by Crippen LogP contribution is -2.50. The third-order valence-electron chi connectivity index (χ3n) is 5.43. The molecule has 0 aliphatic carbocycles. The molecule has 0 atom stereocenters. The first-order valence-corrected chi connectivity index (χ1v) is 9.48. The largest absolute Gasteiger partial charge is 0.478 e. The second-order valence-electron chi connectivity index (χ2n) is 7.51. The predicted molar refractivity (Wildman–Crippen MR) is 107 cm³/mol. The van der Waals surface area contributed by atoms with E-state index < -0.39 is 11.6 Å². The SMILES string of the molecule is CN(CC1(O)CCN(CCc2ccccc2)CC1)c1ccc(C(=O)O)cc1. The van der Waals surface area contributed by atoms with E-state index in [4.69, 9.17) is 5.11 Å². The summed E-state index contributed by atoms with van der Waals surface area (Å²) < 4.78 is 0. The van der Waals surface area contributed by atoms with Crippen molar-refractivity contribution in [2.75, 3.05) is 38.1 Å². The number of carbonyl (C=O) groups is 1. The molecule has 5 nitrogen and oxygen atoms in total. The van der Waals surface area contributed by atoms with Gasteiger partial charge in [-0.3, -0.25) is 0 Å². The fourth-order valence-corrected chi connectivity index (χ4v) is 3.67. The Kier molecular flexibility index (Phi) is 6.14. The summed E-state index contributed by atoms with van der Waals surface area (Å²) in [5.74, 6) is -0.925. The maximum atomic E-state index is 11.0. The zero-order valence-corrected chi connectivity index (χ0v) is 15.8. The lowest BCUT2D eigenvalue weighted by Gasteiger charge is -2.40. The van der Waals surface area contributed by atoms with Gasteiger partial charge in [-0.2, -0.15) is 0 Å². The number of carboxylic acid groups (broad SMARTS) is 1. The molecule has 144 valence electrons. The minimum Gasteiger partial charge on any atom is -0.478 e. The van der Waals surface area contributed by atoms with Gasteiger partial charge in [0.05, 0.1) is 11.2 Å². The molecule has 0 amide bonds. The van der Waals surface area contributed by atoms with Crippen LogP contribution in [0.25, 0.3) is 0 Å². The van der Waals surface area contributed by atoms with Crippen molar-refractivity contribution < 1.29 is 15.0 Å². The van der Waals surface area contributed by atoms with Gasteiger partial charge in [0.15, 0.2) is 0 Å². The van der Waals surface area contributed by atoms with Crippen molar-refractivity contribution in [1.29, 1.82) is 0 Å². The molecule has 0 bridgehead atoms. The number of aliphatic hydroxyl groups is 1. The van der Waals surface area contributed by atoms with Gasteiger partial charge in [0.25, 0.3) is 0 Å². The first kappa shape index (κ1) is 19.4. The van der Waals surface area contributed by atoms with Crippen LogP contribution in [0.2, 0.25) is 0 Å². The molecule has 3 rings (SSSR count). The molecule has 0 unspecified atom stereocenters. The lowest BCUT2D eigenvalue weighted by atomic mass is 9.90. The smallest absolute Gasteiger partial charge is 0.335 e. The van der Waals surface area contributed by atoms with Crippen molar-refractivity contribution in [1.82, 2.24) is 4.90 Å². The van der Waals surface area contributed by atoms with Gasteiger partial charge in [-0.1, -0.05) is 30.3 Å². The summed E-state index contributed by atoms with van der Waals surface area (Å²) in [5, 5.41) is 20.0. The second-order valence-corrected chi connectivity index (χ2v) is 7.51. The van der Waals surface area contributed by atoms with Crippen LogP contribution < -0.4 is 4.90 Å². The number of likely N-dealkylation sites (tertiary alicyclic amines) is 1. The van der Waals surface area contributed by atoms with Crippen molar-refractivity contribution in [3.8, 4) is 0 Å². The number of anilines is 1. The molecule has 2 aromatic rings. The molecule has 1 heterocycles. The van der Waals surface area contributed by atoms with E-state index in [-0.39, 0.29) is 5.56 Å². The van der Waals surface area contributed by atoms with E-state index >= 15 is 0 Å². The zero-order valence-electron chi connectivity index (χ0n) is 15.8. The number of hydrogen-bond acceptors (Lipinski definition) is 4. The fraction of sp³-hybridized carbons (Fsp3) is 0.409. The van der Waals surface area contributed by atoms with Crippen LogP contribution in [-0.4, -0.2) is 59.9 Å². The van der Waals surface area contributed by atoms with Crippen LogP contribution >= 0.6 is 0 Å². The summed E-state index contributed by atoms with van der Waals surface area (Å²) >= 11 is 0. The monoisotopic (exact) mass is 368 g/mol. The summed E-state index contributed by atoms with van der Waals surface area (Å²) in [6.45, 7) is 3.36. The molecule has 27 heavy (non-hydrogen) atoms. The van der Waals surface area contributed by atoms with E-state index in [9.17, 15) is 9.90 Å². The average molecular weight is 368 g/mol. The Labute approximate surface area is 160 Å². The topological polar surface area (TPSA) is 64.0 Å². The molecule has 0 spiro atoms. The number of hydrogen-bond donors (Lipinski definition) is 2. The highest BCUT2D eigenvalue weighted by Gasteiger charge is 2.33. The number of aromatic carboxylic acids is 1. The first-order chi connectivity index (χ1) is 13.0. The van der Waals surface area contributed by atoms with Crippen molar-refractivity contribution in [3.05, 3.63) is 65.7 Å². The van der Waals surface area contributed by atoms with Gasteiger partial charge in [0.1, 0.15) is 0 Å². The van der Waals surface area contributed by atoms with Gasteiger partial charge in [0, 0.05) is 38.9 Å². The molecule has 2 N–H and O–H groups in total. The summed E-state index contributed by atoms with van der Waals surface area (Å²) in [4.78, 5) is 15.4. The van der Waals surface area contributed by atoms with Gasteiger partial charge >= 0.3 is 5.97 Å². The van der Waals surface area contributed by atoms with E-state index in [2.05, 4.69) is 29.2 Å². The van der Waals surface area contributed by atoms with Crippen LogP contribution in [0.4, 0.5) is 5.69 Å². The normalized spacial score (nSPS) is 16.8. The highest BCUT2D eigenvalue weighted by atomic mass is 16.4. The average Bonchev–Trinajstić information content (AvgIpc) is 2.68. The summed E-state index contributed by atoms with van der Waals surface area (Å²) in [5.41, 5.74) is 1.84. The molecular weight excluding hydrogens is 340 g/mol. The third-order valence-corrected chi connectivity index (χ3v) is 5.43. The third kappa shape index (κ3) is 5.31. The van der Waals surface area contributed by atoms with Crippen molar-refractivity contribution in [3.63, 3.8) is 0 Å². The molecule has 0 saturated carbocycles. The van der Waals surface area contributed by atoms with Crippen LogP contribution in [-0.2, 0) is 6.42 Å². The molecule has 1 saturated heterocycles. The van der Waals surface area contributed by atoms with E-state index in [1.165, 1.54) is 5.56 Å². The van der Waals surface area contributed by atoms with Gasteiger partial charge in [-0.05, 0) is 49.1 Å². The molecule has 0 radical (unpaired) electrons. The highest BCUT2D eigenvalue weighted by Crippen LogP contribution is 2.25. The Hall–Kier alpha value is -2.37.